The summed E-state index contributed by atoms with van der Waals surface area (Å²) in [6.45, 7) is 3.14. The van der Waals surface area contributed by atoms with Crippen molar-refractivity contribution in [1.29, 1.82) is 0 Å². The molecule has 2 aromatic rings. The first-order valence-corrected chi connectivity index (χ1v) is 8.20. The van der Waals surface area contributed by atoms with Crippen molar-refractivity contribution in [2.45, 2.75) is 25.3 Å². The van der Waals surface area contributed by atoms with Gasteiger partial charge >= 0.3 is 0 Å². The Morgan fingerprint density at radius 1 is 1.43 bits per heavy atom. The van der Waals surface area contributed by atoms with Crippen molar-refractivity contribution < 1.29 is 8.91 Å². The second-order valence-electron chi connectivity index (χ2n) is 5.02. The van der Waals surface area contributed by atoms with E-state index in [1.54, 1.807) is 6.07 Å². The quantitative estimate of drug-likeness (QED) is 0.915. The van der Waals surface area contributed by atoms with E-state index in [0.717, 1.165) is 30.7 Å². The fourth-order valence-corrected chi connectivity index (χ4v) is 3.70. The zero-order valence-corrected chi connectivity index (χ0v) is 12.6. The molecular formula is C14H17FN4OS. The third-order valence-corrected chi connectivity index (χ3v) is 4.64. The minimum atomic E-state index is -0.376. The van der Waals surface area contributed by atoms with Crippen molar-refractivity contribution >= 4 is 11.8 Å². The van der Waals surface area contributed by atoms with Crippen LogP contribution in [0.25, 0.3) is 11.5 Å². The Balaban J connectivity index is 1.76. The Bertz CT molecular complexity index is 589. The molecule has 1 N–H and O–H groups in total. The Morgan fingerprint density at radius 2 is 2.33 bits per heavy atom. The predicted molar refractivity (Wildman–Crippen MR) is 79.6 cm³/mol. The molecular weight excluding hydrogens is 291 g/mol. The van der Waals surface area contributed by atoms with Gasteiger partial charge in [0.05, 0.1) is 12.1 Å². The Kier molecular flexibility index (Phi) is 4.50. The summed E-state index contributed by atoms with van der Waals surface area (Å²) in [4.78, 5) is 8.41. The van der Waals surface area contributed by atoms with E-state index in [1.165, 1.54) is 6.07 Å². The highest BCUT2D eigenvalue weighted by atomic mass is 32.2. The summed E-state index contributed by atoms with van der Waals surface area (Å²) in [7, 11) is 0. The largest absolute Gasteiger partial charge is 0.339 e. The van der Waals surface area contributed by atoms with Gasteiger partial charge in [-0.05, 0) is 25.1 Å². The van der Waals surface area contributed by atoms with E-state index >= 15 is 0 Å². The molecule has 3 heterocycles. The number of nitrogens with one attached hydrogen (secondary N) is 1. The highest BCUT2D eigenvalue weighted by molar-refractivity contribution is 7.99. The molecule has 1 aliphatic heterocycles. The molecule has 0 radical (unpaired) electrons. The molecule has 21 heavy (non-hydrogen) atoms. The highest BCUT2D eigenvalue weighted by Crippen LogP contribution is 2.32. The van der Waals surface area contributed by atoms with Crippen LogP contribution in [0.1, 0.15) is 25.2 Å². The summed E-state index contributed by atoms with van der Waals surface area (Å²) in [5, 5.41) is 7.49. The van der Waals surface area contributed by atoms with Gasteiger partial charge in [0.15, 0.2) is 0 Å². The molecule has 2 aromatic heterocycles. The van der Waals surface area contributed by atoms with Crippen LogP contribution in [0.3, 0.4) is 0 Å². The summed E-state index contributed by atoms with van der Waals surface area (Å²) in [5.41, 5.74) is 0.523. The summed E-state index contributed by atoms with van der Waals surface area (Å²) in [6.07, 6.45) is 2.25. The van der Waals surface area contributed by atoms with Gasteiger partial charge in [0.2, 0.25) is 11.7 Å². The molecule has 0 bridgehead atoms. The topological polar surface area (TPSA) is 63.8 Å². The number of pyridine rings is 1. The normalized spacial score (nSPS) is 21.8. The Morgan fingerprint density at radius 3 is 3.10 bits per heavy atom. The number of nitrogens with zero attached hydrogens (tertiary/aromatic N) is 3. The standard InChI is InChI=1S/C14H17FN4OS/c1-2-5-16-12-8-21-7-10(12)14-18-13(19-20-14)11-4-3-9(15)6-17-11/h3-4,6,10,12,16H,2,5,7-8H2,1H3. The maximum atomic E-state index is 12.9. The third-order valence-electron chi connectivity index (χ3n) is 3.45. The lowest BCUT2D eigenvalue weighted by atomic mass is 10.0. The molecule has 3 rings (SSSR count). The van der Waals surface area contributed by atoms with Gasteiger partial charge in [-0.2, -0.15) is 16.7 Å². The fraction of sp³-hybridized carbons (Fsp3) is 0.500. The SMILES string of the molecule is CCCNC1CSCC1c1nc(-c2ccc(F)cn2)no1. The summed E-state index contributed by atoms with van der Waals surface area (Å²) in [5.74, 6) is 2.92. The first-order chi connectivity index (χ1) is 10.3. The Hall–Kier alpha value is -1.47. The van der Waals surface area contributed by atoms with Gasteiger partial charge in [-0.1, -0.05) is 12.1 Å². The van der Waals surface area contributed by atoms with Crippen LogP contribution in [0.4, 0.5) is 4.39 Å². The van der Waals surface area contributed by atoms with Gasteiger partial charge in [-0.25, -0.2) is 9.37 Å². The second-order valence-corrected chi connectivity index (χ2v) is 6.10. The highest BCUT2D eigenvalue weighted by Gasteiger charge is 2.33. The van der Waals surface area contributed by atoms with Crippen molar-refractivity contribution in [1.82, 2.24) is 20.4 Å². The maximum absolute atomic E-state index is 12.9. The molecule has 5 nitrogen and oxygen atoms in total. The molecule has 2 unspecified atom stereocenters. The lowest BCUT2D eigenvalue weighted by molar-refractivity contribution is 0.339. The van der Waals surface area contributed by atoms with Crippen LogP contribution in [-0.4, -0.2) is 39.2 Å². The molecule has 0 spiro atoms. The average Bonchev–Trinajstić information content (AvgIpc) is 3.14. The van der Waals surface area contributed by atoms with Crippen molar-refractivity contribution in [2.24, 2.45) is 0 Å². The van der Waals surface area contributed by atoms with E-state index in [0.29, 0.717) is 23.5 Å². The first-order valence-electron chi connectivity index (χ1n) is 7.04. The molecule has 1 aliphatic rings. The minimum absolute atomic E-state index is 0.225. The smallest absolute Gasteiger partial charge is 0.232 e. The van der Waals surface area contributed by atoms with Gasteiger partial charge < -0.3 is 9.84 Å². The van der Waals surface area contributed by atoms with Gasteiger partial charge in [0.25, 0.3) is 0 Å². The molecule has 1 saturated heterocycles. The van der Waals surface area contributed by atoms with E-state index in [4.69, 9.17) is 4.52 Å². The summed E-state index contributed by atoms with van der Waals surface area (Å²) < 4.78 is 18.3. The van der Waals surface area contributed by atoms with Crippen molar-refractivity contribution in [2.75, 3.05) is 18.1 Å². The molecule has 0 amide bonds. The molecule has 0 aliphatic carbocycles. The summed E-state index contributed by atoms with van der Waals surface area (Å²) in [6, 6.07) is 3.26. The van der Waals surface area contributed by atoms with Crippen molar-refractivity contribution in [3.8, 4) is 11.5 Å². The number of hydrogen-bond acceptors (Lipinski definition) is 6. The van der Waals surface area contributed by atoms with Gasteiger partial charge in [0.1, 0.15) is 11.5 Å². The van der Waals surface area contributed by atoms with Crippen LogP contribution in [0, 0.1) is 5.82 Å². The van der Waals surface area contributed by atoms with E-state index in [1.807, 2.05) is 11.8 Å². The number of thioether (sulfide) groups is 1. The third kappa shape index (κ3) is 3.24. The van der Waals surface area contributed by atoms with Crippen LogP contribution < -0.4 is 5.32 Å². The molecule has 1 fully saturated rings. The molecule has 2 atom stereocenters. The van der Waals surface area contributed by atoms with Crippen molar-refractivity contribution in [3.05, 3.63) is 30.0 Å². The minimum Gasteiger partial charge on any atom is -0.339 e. The van der Waals surface area contributed by atoms with E-state index in [-0.39, 0.29) is 11.7 Å². The molecule has 0 aromatic carbocycles. The summed E-state index contributed by atoms with van der Waals surface area (Å²) >= 11 is 1.89. The number of aromatic nitrogens is 3. The van der Waals surface area contributed by atoms with Crippen LogP contribution in [0.2, 0.25) is 0 Å². The first kappa shape index (κ1) is 14.5. The number of hydrogen-bond donors (Lipinski definition) is 1. The van der Waals surface area contributed by atoms with E-state index in [9.17, 15) is 4.39 Å². The number of rotatable bonds is 5. The van der Waals surface area contributed by atoms with Crippen LogP contribution >= 0.6 is 11.8 Å². The van der Waals surface area contributed by atoms with E-state index < -0.39 is 0 Å². The molecule has 112 valence electrons. The van der Waals surface area contributed by atoms with Gasteiger partial charge in [0, 0.05) is 17.5 Å². The lowest BCUT2D eigenvalue weighted by Crippen LogP contribution is -2.34. The van der Waals surface area contributed by atoms with Crippen LogP contribution in [-0.2, 0) is 0 Å². The van der Waals surface area contributed by atoms with Crippen LogP contribution in [0.5, 0.6) is 0 Å². The maximum Gasteiger partial charge on any atom is 0.232 e. The lowest BCUT2D eigenvalue weighted by Gasteiger charge is -2.16. The zero-order chi connectivity index (χ0) is 14.7. The molecule has 0 saturated carbocycles. The number of halogens is 1. The Labute approximate surface area is 126 Å². The van der Waals surface area contributed by atoms with Crippen LogP contribution in [0.15, 0.2) is 22.9 Å². The van der Waals surface area contributed by atoms with E-state index in [2.05, 4.69) is 27.4 Å². The zero-order valence-electron chi connectivity index (χ0n) is 11.8. The van der Waals surface area contributed by atoms with Crippen molar-refractivity contribution in [3.63, 3.8) is 0 Å². The monoisotopic (exact) mass is 308 g/mol. The van der Waals surface area contributed by atoms with Gasteiger partial charge in [-0.15, -0.1) is 0 Å². The predicted octanol–water partition coefficient (Wildman–Crippen LogP) is 2.47. The second kappa shape index (κ2) is 6.53. The average molecular weight is 308 g/mol. The van der Waals surface area contributed by atoms with Gasteiger partial charge in [-0.3, -0.25) is 0 Å². The molecule has 7 heteroatoms. The fourth-order valence-electron chi connectivity index (χ4n) is 2.33.